The van der Waals surface area contributed by atoms with Crippen molar-refractivity contribution in [1.29, 1.82) is 0 Å². The molecule has 1 rings (SSSR count). The van der Waals surface area contributed by atoms with Crippen LogP contribution >= 0.6 is 0 Å². The number of rotatable bonds is 5. The topological polar surface area (TPSA) is 47.3 Å². The van der Waals surface area contributed by atoms with Gasteiger partial charge in [-0.2, -0.15) is 0 Å². The van der Waals surface area contributed by atoms with E-state index in [1.165, 1.54) is 16.7 Å². The van der Waals surface area contributed by atoms with Gasteiger partial charge in [0.2, 0.25) is 0 Å². The summed E-state index contributed by atoms with van der Waals surface area (Å²) in [7, 11) is 1.73. The van der Waals surface area contributed by atoms with Crippen molar-refractivity contribution in [3.8, 4) is 0 Å². The van der Waals surface area contributed by atoms with Crippen molar-refractivity contribution in [1.82, 2.24) is 5.43 Å². The summed E-state index contributed by atoms with van der Waals surface area (Å²) in [5, 5.41) is 0. The molecule has 2 unspecified atom stereocenters. The lowest BCUT2D eigenvalue weighted by Gasteiger charge is -2.36. The van der Waals surface area contributed by atoms with E-state index < -0.39 is 0 Å². The number of nitrogens with two attached hydrogens (primary N) is 1. The van der Waals surface area contributed by atoms with Gasteiger partial charge >= 0.3 is 0 Å². The van der Waals surface area contributed by atoms with Crippen molar-refractivity contribution in [3.63, 3.8) is 0 Å². The summed E-state index contributed by atoms with van der Waals surface area (Å²) in [6.07, 6.45) is 0.894. The fourth-order valence-electron chi connectivity index (χ4n) is 2.27. The van der Waals surface area contributed by atoms with Crippen LogP contribution in [-0.4, -0.2) is 12.7 Å². The number of benzene rings is 1. The smallest absolute Gasteiger partial charge is 0.0854 e. The minimum atomic E-state index is -0.297. The summed E-state index contributed by atoms with van der Waals surface area (Å²) >= 11 is 0. The molecule has 0 saturated carbocycles. The van der Waals surface area contributed by atoms with Gasteiger partial charge in [-0.1, -0.05) is 36.2 Å². The highest BCUT2D eigenvalue weighted by Crippen LogP contribution is 2.31. The zero-order chi connectivity index (χ0) is 13.1. The Bertz CT molecular complexity index is 352. The molecule has 0 amide bonds. The molecule has 1 aromatic rings. The summed E-state index contributed by atoms with van der Waals surface area (Å²) in [5.74, 6) is 5.71. The van der Waals surface area contributed by atoms with Crippen LogP contribution in [0.2, 0.25) is 0 Å². The first kappa shape index (κ1) is 14.2. The highest BCUT2D eigenvalue weighted by Gasteiger charge is 2.33. The summed E-state index contributed by atoms with van der Waals surface area (Å²) in [6.45, 7) is 8.38. The third-order valence-electron chi connectivity index (χ3n) is 3.52. The van der Waals surface area contributed by atoms with E-state index in [1.54, 1.807) is 7.11 Å². The summed E-state index contributed by atoms with van der Waals surface area (Å²) in [6, 6.07) is 6.47. The third kappa shape index (κ3) is 3.06. The van der Waals surface area contributed by atoms with Crippen molar-refractivity contribution < 1.29 is 4.74 Å². The van der Waals surface area contributed by atoms with Crippen molar-refractivity contribution in [2.24, 2.45) is 5.84 Å². The largest absolute Gasteiger partial charge is 0.376 e. The lowest BCUT2D eigenvalue weighted by atomic mass is 9.87. The highest BCUT2D eigenvalue weighted by molar-refractivity contribution is 5.32. The molecule has 3 nitrogen and oxygen atoms in total. The highest BCUT2D eigenvalue weighted by atomic mass is 16.5. The number of ether oxygens (including phenoxy) is 1. The molecule has 17 heavy (non-hydrogen) atoms. The number of methoxy groups -OCH3 is 1. The van der Waals surface area contributed by atoms with Crippen LogP contribution in [0.15, 0.2) is 18.2 Å². The van der Waals surface area contributed by atoms with E-state index in [-0.39, 0.29) is 11.6 Å². The lowest BCUT2D eigenvalue weighted by molar-refractivity contribution is -0.0300. The first-order valence-electron chi connectivity index (χ1n) is 6.06. The third-order valence-corrected chi connectivity index (χ3v) is 3.52. The second-order valence-electron chi connectivity index (χ2n) is 4.89. The molecular weight excluding hydrogens is 212 g/mol. The van der Waals surface area contributed by atoms with Crippen molar-refractivity contribution in [2.45, 2.75) is 45.8 Å². The maximum atomic E-state index is 5.71. The Kier molecular flexibility index (Phi) is 4.69. The zero-order valence-corrected chi connectivity index (χ0v) is 11.5. The Hall–Kier alpha value is -0.900. The Labute approximate surface area is 104 Å². The van der Waals surface area contributed by atoms with Gasteiger partial charge < -0.3 is 4.74 Å². The van der Waals surface area contributed by atoms with Crippen LogP contribution in [0.3, 0.4) is 0 Å². The number of nitrogens with one attached hydrogen (secondary N) is 1. The zero-order valence-electron chi connectivity index (χ0n) is 11.5. The van der Waals surface area contributed by atoms with E-state index in [2.05, 4.69) is 51.3 Å². The van der Waals surface area contributed by atoms with Gasteiger partial charge in [-0.3, -0.25) is 11.3 Å². The SMILES string of the molecule is CCC(C)(OC)C(NN)c1cc(C)cc(C)c1. The van der Waals surface area contributed by atoms with Gasteiger partial charge in [0.15, 0.2) is 0 Å². The molecule has 96 valence electrons. The normalized spacial score (nSPS) is 16.6. The number of hydrazine groups is 1. The van der Waals surface area contributed by atoms with Gasteiger partial charge in [0.05, 0.1) is 11.6 Å². The van der Waals surface area contributed by atoms with E-state index in [9.17, 15) is 0 Å². The molecule has 1 aromatic carbocycles. The van der Waals surface area contributed by atoms with Crippen molar-refractivity contribution in [3.05, 3.63) is 34.9 Å². The van der Waals surface area contributed by atoms with E-state index in [1.807, 2.05) is 0 Å². The van der Waals surface area contributed by atoms with Crippen molar-refractivity contribution >= 4 is 0 Å². The quantitative estimate of drug-likeness (QED) is 0.610. The van der Waals surface area contributed by atoms with Crippen LogP contribution in [0.5, 0.6) is 0 Å². The monoisotopic (exact) mass is 236 g/mol. The minimum absolute atomic E-state index is 0.00361. The van der Waals surface area contributed by atoms with Crippen LogP contribution in [-0.2, 0) is 4.74 Å². The first-order valence-corrected chi connectivity index (χ1v) is 6.06. The molecule has 0 bridgehead atoms. The van der Waals surface area contributed by atoms with Crippen LogP contribution in [0, 0.1) is 13.8 Å². The average molecular weight is 236 g/mol. The Morgan fingerprint density at radius 3 is 2.18 bits per heavy atom. The number of hydrogen-bond donors (Lipinski definition) is 2. The Morgan fingerprint density at radius 1 is 1.29 bits per heavy atom. The molecule has 0 aliphatic heterocycles. The molecule has 0 saturated heterocycles. The number of aryl methyl sites for hydroxylation is 2. The van der Waals surface area contributed by atoms with Crippen LogP contribution in [0.1, 0.15) is 43.0 Å². The molecule has 3 heteroatoms. The molecule has 0 heterocycles. The molecule has 0 spiro atoms. The Morgan fingerprint density at radius 2 is 1.82 bits per heavy atom. The van der Waals surface area contributed by atoms with Crippen LogP contribution < -0.4 is 11.3 Å². The lowest BCUT2D eigenvalue weighted by Crippen LogP contribution is -2.45. The molecule has 0 radical (unpaired) electrons. The van der Waals surface area contributed by atoms with Crippen molar-refractivity contribution in [2.75, 3.05) is 7.11 Å². The predicted molar refractivity (Wildman–Crippen MR) is 71.7 cm³/mol. The van der Waals surface area contributed by atoms with E-state index >= 15 is 0 Å². The molecule has 0 aliphatic carbocycles. The second-order valence-corrected chi connectivity index (χ2v) is 4.89. The molecular formula is C14H24N2O. The van der Waals surface area contributed by atoms with E-state index in [4.69, 9.17) is 10.6 Å². The van der Waals surface area contributed by atoms with Crippen LogP contribution in [0.25, 0.3) is 0 Å². The molecule has 0 aliphatic rings. The van der Waals surface area contributed by atoms with Gasteiger partial charge in [-0.05, 0) is 32.8 Å². The Balaban J connectivity index is 3.17. The molecule has 3 N–H and O–H groups in total. The summed E-state index contributed by atoms with van der Waals surface area (Å²) in [4.78, 5) is 0. The maximum Gasteiger partial charge on any atom is 0.0854 e. The predicted octanol–water partition coefficient (Wildman–Crippen LogP) is 2.62. The first-order chi connectivity index (χ1) is 7.96. The maximum absolute atomic E-state index is 5.71. The average Bonchev–Trinajstić information content (AvgIpc) is 2.28. The fourth-order valence-corrected chi connectivity index (χ4v) is 2.27. The van der Waals surface area contributed by atoms with Gasteiger partial charge in [-0.25, -0.2) is 0 Å². The van der Waals surface area contributed by atoms with Gasteiger partial charge in [0, 0.05) is 7.11 Å². The fraction of sp³-hybridized carbons (Fsp3) is 0.571. The van der Waals surface area contributed by atoms with Crippen LogP contribution in [0.4, 0.5) is 0 Å². The molecule has 0 fully saturated rings. The standard InChI is InChI=1S/C14H24N2O/c1-6-14(4,17-5)13(16-15)12-8-10(2)7-11(3)9-12/h7-9,13,16H,6,15H2,1-5H3. The van der Waals surface area contributed by atoms with Gasteiger partial charge in [0.25, 0.3) is 0 Å². The van der Waals surface area contributed by atoms with Gasteiger partial charge in [0.1, 0.15) is 0 Å². The summed E-state index contributed by atoms with van der Waals surface area (Å²) in [5.41, 5.74) is 6.26. The van der Waals surface area contributed by atoms with Gasteiger partial charge in [-0.15, -0.1) is 0 Å². The second kappa shape index (κ2) is 5.63. The molecule has 0 aromatic heterocycles. The van der Waals surface area contributed by atoms with E-state index in [0.717, 1.165) is 6.42 Å². The van der Waals surface area contributed by atoms with E-state index in [0.29, 0.717) is 0 Å². The molecule has 2 atom stereocenters. The number of hydrogen-bond acceptors (Lipinski definition) is 3. The minimum Gasteiger partial charge on any atom is -0.376 e. The summed E-state index contributed by atoms with van der Waals surface area (Å²) < 4.78 is 5.63.